The molecular weight excluding hydrogens is 192 g/mol. The summed E-state index contributed by atoms with van der Waals surface area (Å²) >= 11 is 0. The van der Waals surface area contributed by atoms with Gasteiger partial charge in [-0.2, -0.15) is 0 Å². The van der Waals surface area contributed by atoms with Crippen molar-refractivity contribution in [2.24, 2.45) is 5.92 Å². The molecule has 0 aromatic carbocycles. The highest BCUT2D eigenvalue weighted by Crippen LogP contribution is 2.02. The minimum atomic E-state index is -0.258. The van der Waals surface area contributed by atoms with Crippen molar-refractivity contribution in [3.8, 4) is 12.3 Å². The maximum atomic E-state index is 11.2. The summed E-state index contributed by atoms with van der Waals surface area (Å²) in [6.45, 7) is 4.29. The van der Waals surface area contributed by atoms with Gasteiger partial charge in [0.25, 0.3) is 0 Å². The molecular formula is C11H18N2O2. The van der Waals surface area contributed by atoms with E-state index in [2.05, 4.69) is 16.6 Å². The summed E-state index contributed by atoms with van der Waals surface area (Å²) in [6, 6.07) is 0. The van der Waals surface area contributed by atoms with Crippen LogP contribution in [0.1, 0.15) is 26.7 Å². The Labute approximate surface area is 90.8 Å². The fourth-order valence-corrected chi connectivity index (χ4v) is 0.899. The second kappa shape index (κ2) is 7.86. The molecule has 0 bridgehead atoms. The Morgan fingerprint density at radius 1 is 1.27 bits per heavy atom. The molecule has 0 radical (unpaired) electrons. The Bertz CT molecular complexity index is 254. The highest BCUT2D eigenvalue weighted by Gasteiger charge is 2.05. The molecule has 0 saturated heterocycles. The molecule has 2 amide bonds. The van der Waals surface area contributed by atoms with Gasteiger partial charge in [0.05, 0.1) is 13.1 Å². The van der Waals surface area contributed by atoms with Crippen molar-refractivity contribution >= 4 is 11.8 Å². The van der Waals surface area contributed by atoms with E-state index in [4.69, 9.17) is 6.42 Å². The van der Waals surface area contributed by atoms with Crippen molar-refractivity contribution < 1.29 is 9.59 Å². The lowest BCUT2D eigenvalue weighted by atomic mass is 10.1. The first-order valence-corrected chi connectivity index (χ1v) is 5.03. The number of carbonyl (C=O) groups is 2. The van der Waals surface area contributed by atoms with E-state index in [9.17, 15) is 9.59 Å². The maximum Gasteiger partial charge on any atom is 0.240 e. The second-order valence-corrected chi connectivity index (χ2v) is 3.69. The SMILES string of the molecule is C#CCNC(=O)CNC(=O)CCC(C)C. The molecule has 2 N–H and O–H groups in total. The molecule has 0 saturated carbocycles. The average Bonchev–Trinajstić information content (AvgIpc) is 2.20. The van der Waals surface area contributed by atoms with Gasteiger partial charge >= 0.3 is 0 Å². The third-order valence-corrected chi connectivity index (χ3v) is 1.78. The number of nitrogens with one attached hydrogen (secondary N) is 2. The van der Waals surface area contributed by atoms with Gasteiger partial charge in [0.2, 0.25) is 11.8 Å². The normalized spacial score (nSPS) is 9.47. The molecule has 0 fully saturated rings. The summed E-state index contributed by atoms with van der Waals surface area (Å²) in [5.41, 5.74) is 0. The molecule has 0 aliphatic carbocycles. The van der Waals surface area contributed by atoms with Gasteiger partial charge in [-0.05, 0) is 12.3 Å². The Morgan fingerprint density at radius 2 is 1.93 bits per heavy atom. The largest absolute Gasteiger partial charge is 0.347 e. The van der Waals surface area contributed by atoms with Gasteiger partial charge in [-0.15, -0.1) is 6.42 Å². The minimum Gasteiger partial charge on any atom is -0.347 e. The Kier molecular flexibility index (Phi) is 7.08. The van der Waals surface area contributed by atoms with Crippen LogP contribution in [0.2, 0.25) is 0 Å². The number of rotatable bonds is 6. The molecule has 0 rings (SSSR count). The fraction of sp³-hybridized carbons (Fsp3) is 0.636. The predicted molar refractivity (Wildman–Crippen MR) is 58.9 cm³/mol. The molecule has 0 atom stereocenters. The molecule has 84 valence electrons. The van der Waals surface area contributed by atoms with Crippen LogP contribution < -0.4 is 10.6 Å². The third kappa shape index (κ3) is 8.82. The average molecular weight is 210 g/mol. The van der Waals surface area contributed by atoms with Crippen molar-refractivity contribution in [1.29, 1.82) is 0 Å². The van der Waals surface area contributed by atoms with Gasteiger partial charge in [0.15, 0.2) is 0 Å². The molecule has 15 heavy (non-hydrogen) atoms. The van der Waals surface area contributed by atoms with Crippen LogP contribution in [0.3, 0.4) is 0 Å². The van der Waals surface area contributed by atoms with E-state index in [1.165, 1.54) is 0 Å². The number of amides is 2. The van der Waals surface area contributed by atoms with Gasteiger partial charge in [-0.1, -0.05) is 19.8 Å². The maximum absolute atomic E-state index is 11.2. The summed E-state index contributed by atoms with van der Waals surface area (Å²) in [7, 11) is 0. The van der Waals surface area contributed by atoms with Crippen LogP contribution in [-0.4, -0.2) is 24.9 Å². The Hall–Kier alpha value is -1.50. The van der Waals surface area contributed by atoms with Crippen molar-refractivity contribution in [2.45, 2.75) is 26.7 Å². The minimum absolute atomic E-state index is 0.00138. The van der Waals surface area contributed by atoms with Crippen LogP contribution >= 0.6 is 0 Å². The lowest BCUT2D eigenvalue weighted by Gasteiger charge is -2.06. The van der Waals surface area contributed by atoms with E-state index in [1.54, 1.807) is 0 Å². The highest BCUT2D eigenvalue weighted by atomic mass is 16.2. The predicted octanol–water partition coefficient (Wildman–Crippen LogP) is 0.288. The molecule has 4 heteroatoms. The zero-order valence-electron chi connectivity index (χ0n) is 9.30. The van der Waals surface area contributed by atoms with Gasteiger partial charge in [-0.25, -0.2) is 0 Å². The lowest BCUT2D eigenvalue weighted by Crippen LogP contribution is -2.37. The van der Waals surface area contributed by atoms with Crippen molar-refractivity contribution in [2.75, 3.05) is 13.1 Å². The Balaban J connectivity index is 3.54. The molecule has 0 aliphatic rings. The number of terminal acetylenes is 1. The standard InChI is InChI=1S/C11H18N2O2/c1-4-7-12-11(15)8-13-10(14)6-5-9(2)3/h1,9H,5-8H2,2-3H3,(H,12,15)(H,13,14). The van der Waals surface area contributed by atoms with Crippen molar-refractivity contribution in [3.63, 3.8) is 0 Å². The topological polar surface area (TPSA) is 58.2 Å². The number of carbonyl (C=O) groups excluding carboxylic acids is 2. The summed E-state index contributed by atoms with van der Waals surface area (Å²) < 4.78 is 0. The smallest absolute Gasteiger partial charge is 0.240 e. The molecule has 0 heterocycles. The van der Waals surface area contributed by atoms with E-state index in [-0.39, 0.29) is 24.9 Å². The number of hydrogen-bond acceptors (Lipinski definition) is 2. The van der Waals surface area contributed by atoms with Crippen LogP contribution in [-0.2, 0) is 9.59 Å². The van der Waals surface area contributed by atoms with Gasteiger partial charge in [-0.3, -0.25) is 9.59 Å². The van der Waals surface area contributed by atoms with Gasteiger partial charge in [0, 0.05) is 6.42 Å². The molecule has 0 unspecified atom stereocenters. The third-order valence-electron chi connectivity index (χ3n) is 1.78. The van der Waals surface area contributed by atoms with Gasteiger partial charge < -0.3 is 10.6 Å². The summed E-state index contributed by atoms with van der Waals surface area (Å²) in [6.07, 6.45) is 6.25. The second-order valence-electron chi connectivity index (χ2n) is 3.69. The summed E-state index contributed by atoms with van der Waals surface area (Å²) in [5.74, 6) is 2.42. The van der Waals surface area contributed by atoms with Crippen LogP contribution in [0, 0.1) is 18.3 Å². The lowest BCUT2D eigenvalue weighted by molar-refractivity contribution is -0.126. The first kappa shape index (κ1) is 13.5. The van der Waals surface area contributed by atoms with E-state index in [1.807, 2.05) is 13.8 Å². The summed E-state index contributed by atoms with van der Waals surface area (Å²) in [4.78, 5) is 22.2. The summed E-state index contributed by atoms with van der Waals surface area (Å²) in [5, 5.41) is 4.99. The van der Waals surface area contributed by atoms with Gasteiger partial charge in [0.1, 0.15) is 0 Å². The monoisotopic (exact) mass is 210 g/mol. The van der Waals surface area contributed by atoms with Crippen LogP contribution in [0.4, 0.5) is 0 Å². The zero-order valence-corrected chi connectivity index (χ0v) is 9.30. The molecule has 0 aromatic rings. The van der Waals surface area contributed by atoms with Crippen LogP contribution in [0.25, 0.3) is 0 Å². The molecule has 4 nitrogen and oxygen atoms in total. The van der Waals surface area contributed by atoms with Crippen LogP contribution in [0.5, 0.6) is 0 Å². The van der Waals surface area contributed by atoms with Crippen molar-refractivity contribution in [1.82, 2.24) is 10.6 Å². The zero-order chi connectivity index (χ0) is 11.7. The first-order valence-electron chi connectivity index (χ1n) is 5.03. The Morgan fingerprint density at radius 3 is 2.47 bits per heavy atom. The molecule has 0 aromatic heterocycles. The van der Waals surface area contributed by atoms with E-state index >= 15 is 0 Å². The quantitative estimate of drug-likeness (QED) is 0.619. The fourth-order valence-electron chi connectivity index (χ4n) is 0.899. The first-order chi connectivity index (χ1) is 7.06. The van der Waals surface area contributed by atoms with E-state index in [0.717, 1.165) is 6.42 Å². The molecule has 0 aliphatic heterocycles. The van der Waals surface area contributed by atoms with E-state index in [0.29, 0.717) is 12.3 Å². The number of hydrogen-bond donors (Lipinski definition) is 2. The highest BCUT2D eigenvalue weighted by molar-refractivity contribution is 5.84. The van der Waals surface area contributed by atoms with Crippen LogP contribution in [0.15, 0.2) is 0 Å². The van der Waals surface area contributed by atoms with E-state index < -0.39 is 0 Å². The molecule has 0 spiro atoms. The van der Waals surface area contributed by atoms with Crippen molar-refractivity contribution in [3.05, 3.63) is 0 Å².